The van der Waals surface area contributed by atoms with Crippen molar-refractivity contribution in [2.45, 2.75) is 13.3 Å². The molecule has 0 aromatic rings. The predicted molar refractivity (Wildman–Crippen MR) is 48.6 cm³/mol. The highest BCUT2D eigenvalue weighted by atomic mass is 32.2. The van der Waals surface area contributed by atoms with E-state index in [1.165, 1.54) is 5.75 Å². The van der Waals surface area contributed by atoms with Crippen LogP contribution >= 0.6 is 11.8 Å². The molecular weight excluding hydrogens is 144 g/mol. The van der Waals surface area contributed by atoms with Crippen molar-refractivity contribution in [2.24, 2.45) is 0 Å². The summed E-state index contributed by atoms with van der Waals surface area (Å²) in [6.45, 7) is 7.41. The second-order valence-corrected chi connectivity index (χ2v) is 3.06. The van der Waals surface area contributed by atoms with Crippen molar-refractivity contribution in [3.8, 4) is 0 Å². The third kappa shape index (κ3) is 8.05. The third-order valence-corrected chi connectivity index (χ3v) is 2.07. The van der Waals surface area contributed by atoms with E-state index in [9.17, 15) is 0 Å². The maximum atomic E-state index is 5.17. The molecule has 0 N–H and O–H groups in total. The lowest BCUT2D eigenvalue weighted by molar-refractivity contribution is 0.149. The molecule has 2 heteroatoms. The zero-order valence-electron chi connectivity index (χ0n) is 6.64. The molecule has 60 valence electrons. The van der Waals surface area contributed by atoms with Gasteiger partial charge in [-0.2, -0.15) is 11.8 Å². The molecule has 0 heterocycles. The predicted octanol–water partition coefficient (Wildman–Crippen LogP) is 2.33. The summed E-state index contributed by atoms with van der Waals surface area (Å²) in [5.74, 6) is 2.25. The van der Waals surface area contributed by atoms with E-state index in [4.69, 9.17) is 4.74 Å². The van der Waals surface area contributed by atoms with Crippen molar-refractivity contribution in [1.82, 2.24) is 0 Å². The summed E-state index contributed by atoms with van der Waals surface area (Å²) in [7, 11) is 0. The van der Waals surface area contributed by atoms with Gasteiger partial charge in [0.1, 0.15) is 0 Å². The Bertz CT molecular complexity index is 73.7. The first-order valence-electron chi connectivity index (χ1n) is 3.68. The summed E-state index contributed by atoms with van der Waals surface area (Å²) < 4.78 is 5.17. The van der Waals surface area contributed by atoms with Crippen LogP contribution in [0.25, 0.3) is 0 Å². The van der Waals surface area contributed by atoms with Gasteiger partial charge < -0.3 is 4.74 Å². The Morgan fingerprint density at radius 2 is 2.40 bits per heavy atom. The lowest BCUT2D eigenvalue weighted by atomic mass is 10.5. The highest BCUT2D eigenvalue weighted by molar-refractivity contribution is 7.99. The number of thioether (sulfide) groups is 1. The summed E-state index contributed by atoms with van der Waals surface area (Å²) >= 11 is 1.91. The second kappa shape index (κ2) is 9.05. The van der Waals surface area contributed by atoms with Crippen molar-refractivity contribution < 1.29 is 4.74 Å². The van der Waals surface area contributed by atoms with Crippen LogP contribution in [0.15, 0.2) is 12.7 Å². The Kier molecular flexibility index (Phi) is 9.10. The smallest absolute Gasteiger partial charge is 0.0473 e. The first kappa shape index (κ1) is 10.0. The minimum atomic E-state index is 0.839. The Labute approximate surface area is 67.8 Å². The maximum absolute atomic E-state index is 5.17. The zero-order valence-corrected chi connectivity index (χ0v) is 7.45. The van der Waals surface area contributed by atoms with Crippen molar-refractivity contribution in [3.05, 3.63) is 12.7 Å². The van der Waals surface area contributed by atoms with Crippen LogP contribution in [0.5, 0.6) is 0 Å². The Morgan fingerprint density at radius 3 is 3.00 bits per heavy atom. The quantitative estimate of drug-likeness (QED) is 0.417. The molecule has 0 fully saturated rings. The van der Waals surface area contributed by atoms with Crippen LogP contribution in [-0.4, -0.2) is 24.7 Å². The number of rotatable bonds is 7. The van der Waals surface area contributed by atoms with Gasteiger partial charge in [-0.3, -0.25) is 0 Å². The normalized spacial score (nSPS) is 9.70. The summed E-state index contributed by atoms with van der Waals surface area (Å²) in [5.41, 5.74) is 0. The molecule has 0 aromatic heterocycles. The molecule has 0 unspecified atom stereocenters. The molecule has 0 rings (SSSR count). The van der Waals surface area contributed by atoms with Crippen molar-refractivity contribution in [2.75, 3.05) is 24.7 Å². The minimum Gasteiger partial charge on any atom is -0.382 e. The largest absolute Gasteiger partial charge is 0.382 e. The molecule has 0 spiro atoms. The van der Waals surface area contributed by atoms with Crippen molar-refractivity contribution in [1.29, 1.82) is 0 Å². The first-order valence-corrected chi connectivity index (χ1v) is 4.83. The van der Waals surface area contributed by atoms with E-state index in [0.717, 1.165) is 25.4 Å². The van der Waals surface area contributed by atoms with Gasteiger partial charge in [0.2, 0.25) is 0 Å². The van der Waals surface area contributed by atoms with Crippen LogP contribution < -0.4 is 0 Å². The summed E-state index contributed by atoms with van der Waals surface area (Å²) in [6, 6.07) is 0. The van der Waals surface area contributed by atoms with Crippen LogP contribution in [0.3, 0.4) is 0 Å². The second-order valence-electron chi connectivity index (χ2n) is 1.91. The van der Waals surface area contributed by atoms with Gasteiger partial charge in [-0.05, 0) is 19.1 Å². The van der Waals surface area contributed by atoms with Gasteiger partial charge in [0, 0.05) is 19.0 Å². The molecule has 0 aromatic carbocycles. The molecule has 0 saturated heterocycles. The molecule has 0 bridgehead atoms. The maximum Gasteiger partial charge on any atom is 0.0473 e. The first-order chi connectivity index (χ1) is 4.91. The van der Waals surface area contributed by atoms with Gasteiger partial charge in [-0.1, -0.05) is 6.08 Å². The fraction of sp³-hybridized carbons (Fsp3) is 0.750. The van der Waals surface area contributed by atoms with E-state index in [0.29, 0.717) is 0 Å². The lowest BCUT2D eigenvalue weighted by Crippen LogP contribution is -1.94. The topological polar surface area (TPSA) is 9.23 Å². The number of ether oxygens (including phenoxy) is 1. The van der Waals surface area contributed by atoms with E-state index in [1.54, 1.807) is 0 Å². The molecule has 10 heavy (non-hydrogen) atoms. The molecule has 0 saturated carbocycles. The van der Waals surface area contributed by atoms with Crippen LogP contribution in [0, 0.1) is 0 Å². The number of hydrogen-bond acceptors (Lipinski definition) is 2. The SMILES string of the molecule is C=CCSCCCOCC. The Hall–Kier alpha value is 0.0500. The molecule has 0 atom stereocenters. The van der Waals surface area contributed by atoms with Crippen LogP contribution in [0.4, 0.5) is 0 Å². The molecule has 1 nitrogen and oxygen atoms in total. The summed E-state index contributed by atoms with van der Waals surface area (Å²) in [6.07, 6.45) is 3.09. The molecule has 0 aliphatic carbocycles. The van der Waals surface area contributed by atoms with Crippen molar-refractivity contribution in [3.63, 3.8) is 0 Å². The Morgan fingerprint density at radius 1 is 1.60 bits per heavy atom. The Balaban J connectivity index is 2.70. The molecule has 0 amide bonds. The highest BCUT2D eigenvalue weighted by Crippen LogP contribution is 2.01. The van der Waals surface area contributed by atoms with Gasteiger partial charge in [-0.15, -0.1) is 6.58 Å². The fourth-order valence-electron chi connectivity index (χ4n) is 0.574. The highest BCUT2D eigenvalue weighted by Gasteiger charge is 1.86. The zero-order chi connectivity index (χ0) is 7.66. The average Bonchev–Trinajstić information content (AvgIpc) is 1.97. The van der Waals surface area contributed by atoms with Crippen molar-refractivity contribution >= 4 is 11.8 Å². The fourth-order valence-corrected chi connectivity index (χ4v) is 1.23. The van der Waals surface area contributed by atoms with E-state index in [1.807, 2.05) is 24.8 Å². The van der Waals surface area contributed by atoms with Crippen LogP contribution in [0.1, 0.15) is 13.3 Å². The monoisotopic (exact) mass is 160 g/mol. The standard InChI is InChI=1S/C8H16OS/c1-3-7-10-8-5-6-9-4-2/h3H,1,4-8H2,2H3. The van der Waals surface area contributed by atoms with Crippen LogP contribution in [0.2, 0.25) is 0 Å². The van der Waals surface area contributed by atoms with Gasteiger partial charge >= 0.3 is 0 Å². The lowest BCUT2D eigenvalue weighted by Gasteiger charge is -1.98. The van der Waals surface area contributed by atoms with E-state index in [-0.39, 0.29) is 0 Å². The number of hydrogen-bond donors (Lipinski definition) is 0. The van der Waals surface area contributed by atoms with Gasteiger partial charge in [0.05, 0.1) is 0 Å². The minimum absolute atomic E-state index is 0.839. The van der Waals surface area contributed by atoms with Gasteiger partial charge in [0.15, 0.2) is 0 Å². The van der Waals surface area contributed by atoms with Crippen LogP contribution in [-0.2, 0) is 4.74 Å². The van der Waals surface area contributed by atoms with E-state index < -0.39 is 0 Å². The molecule has 0 aliphatic rings. The molecular formula is C8H16OS. The summed E-state index contributed by atoms with van der Waals surface area (Å²) in [5, 5.41) is 0. The average molecular weight is 160 g/mol. The summed E-state index contributed by atoms with van der Waals surface area (Å²) in [4.78, 5) is 0. The van der Waals surface area contributed by atoms with E-state index in [2.05, 4.69) is 6.58 Å². The van der Waals surface area contributed by atoms with Gasteiger partial charge in [0.25, 0.3) is 0 Å². The molecule has 0 radical (unpaired) electrons. The molecule has 0 aliphatic heterocycles. The third-order valence-electron chi connectivity index (χ3n) is 1.02. The van der Waals surface area contributed by atoms with E-state index >= 15 is 0 Å². The van der Waals surface area contributed by atoms with Gasteiger partial charge in [-0.25, -0.2) is 0 Å².